The van der Waals surface area contributed by atoms with Crippen molar-refractivity contribution in [2.45, 2.75) is 19.9 Å². The van der Waals surface area contributed by atoms with E-state index in [1.165, 1.54) is 5.56 Å². The highest BCUT2D eigenvalue weighted by Crippen LogP contribution is 2.32. The molecule has 0 aliphatic rings. The zero-order valence-electron chi connectivity index (χ0n) is 9.63. The molecule has 0 aliphatic heterocycles. The van der Waals surface area contributed by atoms with Crippen LogP contribution in [-0.2, 0) is 0 Å². The summed E-state index contributed by atoms with van der Waals surface area (Å²) in [5.74, 6) is 0.873. The minimum absolute atomic E-state index is 0.182. The fourth-order valence-electron chi connectivity index (χ4n) is 1.71. The lowest BCUT2D eigenvalue weighted by Gasteiger charge is -2.14. The first-order valence-corrected chi connectivity index (χ1v) is 6.84. The predicted octanol–water partition coefficient (Wildman–Crippen LogP) is 4.47. The van der Waals surface area contributed by atoms with Gasteiger partial charge in [-0.2, -0.15) is 0 Å². The van der Waals surface area contributed by atoms with Crippen molar-refractivity contribution in [2.75, 3.05) is 0 Å². The molecule has 2 aromatic rings. The number of hydrogen-bond acceptors (Lipinski definition) is 2. The maximum Gasteiger partial charge on any atom is 0.101 e. The molecule has 1 aromatic carbocycles. The van der Waals surface area contributed by atoms with Crippen LogP contribution in [0.1, 0.15) is 28.5 Å². The zero-order chi connectivity index (χ0) is 12.6. The van der Waals surface area contributed by atoms with Crippen molar-refractivity contribution in [1.82, 2.24) is 0 Å². The van der Waals surface area contributed by atoms with Crippen LogP contribution in [0.15, 0.2) is 37.8 Å². The number of hydrogen-bond donors (Lipinski definition) is 1. The summed E-state index contributed by atoms with van der Waals surface area (Å²) >= 11 is 7.08. The summed E-state index contributed by atoms with van der Waals surface area (Å²) in [5, 5.41) is 0. The lowest BCUT2D eigenvalue weighted by Crippen LogP contribution is -2.11. The predicted molar refractivity (Wildman–Crippen MR) is 76.1 cm³/mol. The zero-order valence-corrected chi connectivity index (χ0v) is 12.8. The number of furan rings is 1. The van der Waals surface area contributed by atoms with Gasteiger partial charge in [-0.3, -0.25) is 0 Å². The van der Waals surface area contributed by atoms with E-state index in [4.69, 9.17) is 10.2 Å². The first-order valence-electron chi connectivity index (χ1n) is 5.25. The first-order chi connectivity index (χ1) is 7.99. The van der Waals surface area contributed by atoms with Gasteiger partial charge in [0.1, 0.15) is 5.76 Å². The van der Waals surface area contributed by atoms with E-state index >= 15 is 0 Å². The van der Waals surface area contributed by atoms with Gasteiger partial charge in [0.15, 0.2) is 0 Å². The van der Waals surface area contributed by atoms with Crippen molar-refractivity contribution < 1.29 is 4.42 Å². The van der Waals surface area contributed by atoms with Crippen molar-refractivity contribution in [3.05, 3.63) is 55.9 Å². The molecule has 0 spiro atoms. The highest BCUT2D eigenvalue weighted by Gasteiger charge is 2.15. The van der Waals surface area contributed by atoms with Crippen LogP contribution >= 0.6 is 31.9 Å². The normalized spacial score (nSPS) is 12.8. The van der Waals surface area contributed by atoms with E-state index in [0.29, 0.717) is 0 Å². The number of aryl methyl sites for hydroxylation is 2. The molecule has 1 aromatic heterocycles. The van der Waals surface area contributed by atoms with E-state index in [0.717, 1.165) is 25.8 Å². The average Bonchev–Trinajstić information content (AvgIpc) is 2.69. The summed E-state index contributed by atoms with van der Waals surface area (Å²) in [5.41, 5.74) is 9.45. The van der Waals surface area contributed by atoms with Crippen molar-refractivity contribution in [3.8, 4) is 0 Å². The molecule has 0 amide bonds. The second-order valence-corrected chi connectivity index (χ2v) is 5.80. The van der Waals surface area contributed by atoms with Gasteiger partial charge >= 0.3 is 0 Å². The minimum Gasteiger partial charge on any atom is -0.469 e. The second kappa shape index (κ2) is 4.96. The van der Waals surface area contributed by atoms with Crippen LogP contribution in [0.25, 0.3) is 0 Å². The van der Waals surface area contributed by atoms with E-state index in [2.05, 4.69) is 37.9 Å². The smallest absolute Gasteiger partial charge is 0.101 e. The average molecular weight is 359 g/mol. The first kappa shape index (κ1) is 12.9. The van der Waals surface area contributed by atoms with E-state index in [1.807, 2.05) is 26.0 Å². The van der Waals surface area contributed by atoms with Crippen LogP contribution in [0.2, 0.25) is 0 Å². The molecule has 90 valence electrons. The molecule has 2 N–H and O–H groups in total. The molecular weight excluding hydrogens is 346 g/mol. The molecule has 1 heterocycles. The largest absolute Gasteiger partial charge is 0.469 e. The highest BCUT2D eigenvalue weighted by molar-refractivity contribution is 9.11. The van der Waals surface area contributed by atoms with Crippen LogP contribution in [-0.4, -0.2) is 0 Å². The van der Waals surface area contributed by atoms with E-state index in [1.54, 1.807) is 6.26 Å². The summed E-state index contributed by atoms with van der Waals surface area (Å²) in [7, 11) is 0. The Hall–Kier alpha value is -0.580. The Kier molecular flexibility index (Phi) is 3.76. The Morgan fingerprint density at radius 1 is 1.12 bits per heavy atom. The molecular formula is C13H13Br2NO. The lowest BCUT2D eigenvalue weighted by atomic mass is 10.0. The fourth-order valence-corrected chi connectivity index (χ4v) is 2.77. The van der Waals surface area contributed by atoms with Gasteiger partial charge in [-0.05, 0) is 43.2 Å². The maximum absolute atomic E-state index is 6.24. The number of halogens is 2. The summed E-state index contributed by atoms with van der Waals surface area (Å²) < 4.78 is 7.37. The van der Waals surface area contributed by atoms with Gasteiger partial charge in [0.05, 0.1) is 12.3 Å². The number of nitrogens with two attached hydrogens (primary N) is 1. The molecule has 0 saturated carbocycles. The SMILES string of the molecule is Cc1cc(C(N)c2cc(Br)c(C)cc2Br)co1. The molecule has 2 nitrogen and oxygen atoms in total. The van der Waals surface area contributed by atoms with Gasteiger partial charge in [0.2, 0.25) is 0 Å². The van der Waals surface area contributed by atoms with Gasteiger partial charge in [-0.1, -0.05) is 31.9 Å². The van der Waals surface area contributed by atoms with Crippen molar-refractivity contribution in [1.29, 1.82) is 0 Å². The minimum atomic E-state index is -0.182. The van der Waals surface area contributed by atoms with Gasteiger partial charge in [0.25, 0.3) is 0 Å². The summed E-state index contributed by atoms with van der Waals surface area (Å²) in [6.07, 6.45) is 1.71. The summed E-state index contributed by atoms with van der Waals surface area (Å²) in [6.45, 7) is 3.96. The molecule has 0 bridgehead atoms. The van der Waals surface area contributed by atoms with Gasteiger partial charge in [0, 0.05) is 14.5 Å². The lowest BCUT2D eigenvalue weighted by molar-refractivity contribution is 0.530. The third kappa shape index (κ3) is 2.64. The molecule has 1 unspecified atom stereocenters. The topological polar surface area (TPSA) is 39.2 Å². The molecule has 17 heavy (non-hydrogen) atoms. The van der Waals surface area contributed by atoms with Crippen LogP contribution in [0.4, 0.5) is 0 Å². The van der Waals surface area contributed by atoms with Gasteiger partial charge in [-0.25, -0.2) is 0 Å². The van der Waals surface area contributed by atoms with Crippen LogP contribution in [0.5, 0.6) is 0 Å². The molecule has 0 saturated heterocycles. The van der Waals surface area contributed by atoms with Crippen LogP contribution in [0.3, 0.4) is 0 Å². The van der Waals surface area contributed by atoms with E-state index < -0.39 is 0 Å². The van der Waals surface area contributed by atoms with E-state index in [-0.39, 0.29) is 6.04 Å². The van der Waals surface area contributed by atoms with Gasteiger partial charge < -0.3 is 10.2 Å². The van der Waals surface area contributed by atoms with Crippen LogP contribution in [0, 0.1) is 13.8 Å². The standard InChI is InChI=1S/C13H13Br2NO/c1-7-3-12(15)10(5-11(7)14)13(16)9-4-8(2)17-6-9/h3-6,13H,16H2,1-2H3. The quantitative estimate of drug-likeness (QED) is 0.860. The Bertz CT molecular complexity index is 548. The highest BCUT2D eigenvalue weighted by atomic mass is 79.9. The van der Waals surface area contributed by atoms with Crippen LogP contribution < -0.4 is 5.73 Å². The Balaban J connectivity index is 2.43. The monoisotopic (exact) mass is 357 g/mol. The fraction of sp³-hybridized carbons (Fsp3) is 0.231. The Morgan fingerprint density at radius 3 is 2.41 bits per heavy atom. The van der Waals surface area contributed by atoms with E-state index in [9.17, 15) is 0 Å². The van der Waals surface area contributed by atoms with Crippen molar-refractivity contribution in [3.63, 3.8) is 0 Å². The molecule has 2 rings (SSSR count). The van der Waals surface area contributed by atoms with Crippen molar-refractivity contribution >= 4 is 31.9 Å². The Labute approximate surface area is 117 Å². The summed E-state index contributed by atoms with van der Waals surface area (Å²) in [6, 6.07) is 5.89. The third-order valence-electron chi connectivity index (χ3n) is 2.72. The van der Waals surface area contributed by atoms with Gasteiger partial charge in [-0.15, -0.1) is 0 Å². The summed E-state index contributed by atoms with van der Waals surface area (Å²) in [4.78, 5) is 0. The molecule has 0 aliphatic carbocycles. The second-order valence-electron chi connectivity index (χ2n) is 4.09. The number of rotatable bonds is 2. The maximum atomic E-state index is 6.24. The Morgan fingerprint density at radius 2 is 1.82 bits per heavy atom. The molecule has 1 atom stereocenters. The number of benzene rings is 1. The molecule has 0 fully saturated rings. The third-order valence-corrected chi connectivity index (χ3v) is 4.26. The molecule has 0 radical (unpaired) electrons. The van der Waals surface area contributed by atoms with Crippen molar-refractivity contribution in [2.24, 2.45) is 5.73 Å². The molecule has 4 heteroatoms.